The third-order valence-corrected chi connectivity index (χ3v) is 16.2. The number of likely N-dealkylation sites (N-methyl/N-ethyl adjacent to an activating group) is 2. The van der Waals surface area contributed by atoms with Crippen molar-refractivity contribution >= 4 is 35.7 Å². The molecule has 0 aromatic heterocycles. The first-order chi connectivity index (χ1) is 38.3. The predicted octanol–water partition coefficient (Wildman–Crippen LogP) is 8.44. The van der Waals surface area contributed by atoms with Gasteiger partial charge in [-0.1, -0.05) is 134 Å². The van der Waals surface area contributed by atoms with Crippen molar-refractivity contribution in [2.45, 2.75) is 136 Å². The van der Waals surface area contributed by atoms with Crippen molar-refractivity contribution in [3.8, 4) is 22.6 Å². The first-order valence-corrected chi connectivity index (χ1v) is 28.0. The molecule has 434 valence electrons. The number of benzene rings is 4. The van der Waals surface area contributed by atoms with Crippen molar-refractivity contribution in [2.75, 3.05) is 55.7 Å². The molecule has 80 heavy (non-hydrogen) atoms. The molecule has 17 heteroatoms. The minimum atomic E-state index is -1.05. The van der Waals surface area contributed by atoms with E-state index in [-0.39, 0.29) is 61.5 Å². The number of hydrogen-bond acceptors (Lipinski definition) is 12. The van der Waals surface area contributed by atoms with Crippen LogP contribution in [0.15, 0.2) is 97.1 Å². The lowest BCUT2D eigenvalue weighted by atomic mass is 9.89. The maximum absolute atomic E-state index is 14.8. The van der Waals surface area contributed by atoms with Gasteiger partial charge in [-0.05, 0) is 70.5 Å². The van der Waals surface area contributed by atoms with Gasteiger partial charge in [0.25, 0.3) is 0 Å². The Morgan fingerprint density at radius 1 is 0.713 bits per heavy atom. The third kappa shape index (κ3) is 14.7. The summed E-state index contributed by atoms with van der Waals surface area (Å²) in [6.07, 6.45) is -0.204. The van der Waals surface area contributed by atoms with Crippen LogP contribution in [-0.4, -0.2) is 148 Å². The van der Waals surface area contributed by atoms with E-state index < -0.39 is 72.2 Å². The van der Waals surface area contributed by atoms with Gasteiger partial charge in [0.1, 0.15) is 42.8 Å². The summed E-state index contributed by atoms with van der Waals surface area (Å²) in [4.78, 5) is 90.5. The smallest absolute Gasteiger partial charge is 0.410 e. The van der Waals surface area contributed by atoms with Gasteiger partial charge in [0.2, 0.25) is 23.6 Å². The minimum Gasteiger partial charge on any atom is -0.497 e. The molecular weight excluding hydrogens is 1020 g/mol. The van der Waals surface area contributed by atoms with Gasteiger partial charge in [-0.25, -0.2) is 9.59 Å². The maximum atomic E-state index is 14.8. The van der Waals surface area contributed by atoms with Crippen molar-refractivity contribution in [3.63, 3.8) is 0 Å². The molecule has 0 bridgehead atoms. The number of methoxy groups -OCH3 is 4. The fourth-order valence-electron chi connectivity index (χ4n) is 11.6. The number of nitrogens with one attached hydrogen (secondary N) is 2. The van der Waals surface area contributed by atoms with Gasteiger partial charge >= 0.3 is 12.1 Å². The molecule has 6 rings (SSSR count). The lowest BCUT2D eigenvalue weighted by molar-refractivity contribution is -0.151. The van der Waals surface area contributed by atoms with Crippen LogP contribution in [0.2, 0.25) is 0 Å². The quantitative estimate of drug-likeness (QED) is 0.0543. The van der Waals surface area contributed by atoms with E-state index in [2.05, 4.69) is 22.8 Å². The second-order valence-electron chi connectivity index (χ2n) is 22.0. The lowest BCUT2D eigenvalue weighted by Gasteiger charge is -2.41. The van der Waals surface area contributed by atoms with Crippen molar-refractivity contribution < 1.29 is 57.2 Å². The summed E-state index contributed by atoms with van der Waals surface area (Å²) >= 11 is 0. The summed E-state index contributed by atoms with van der Waals surface area (Å²) in [5, 5.41) is 5.95. The van der Waals surface area contributed by atoms with Gasteiger partial charge in [0, 0.05) is 58.8 Å². The minimum absolute atomic E-state index is 0.0837. The Kier molecular flexibility index (Phi) is 22.5. The van der Waals surface area contributed by atoms with Crippen molar-refractivity contribution in [1.29, 1.82) is 0 Å². The molecule has 1 heterocycles. The summed E-state index contributed by atoms with van der Waals surface area (Å²) in [5.74, 6) is -2.93. The highest BCUT2D eigenvalue weighted by atomic mass is 16.6. The molecule has 0 spiro atoms. The number of hydrogen-bond donors (Lipinski definition) is 2. The number of fused-ring (bicyclic) bond motifs is 3. The number of likely N-dealkylation sites (tertiary alicyclic amines) is 1. The second kappa shape index (κ2) is 28.9. The molecule has 1 fully saturated rings. The predicted molar refractivity (Wildman–Crippen MR) is 306 cm³/mol. The molecule has 17 nitrogen and oxygen atoms in total. The monoisotopic (exact) mass is 1100 g/mol. The number of nitrogens with zero attached hydrogens (tertiary/aromatic N) is 3. The molecule has 2 aliphatic rings. The highest BCUT2D eigenvalue weighted by Crippen LogP contribution is 2.44. The van der Waals surface area contributed by atoms with Gasteiger partial charge in [-0.2, -0.15) is 0 Å². The largest absolute Gasteiger partial charge is 0.497 e. The zero-order valence-corrected chi connectivity index (χ0v) is 49.1. The highest BCUT2D eigenvalue weighted by Gasteiger charge is 2.44. The highest BCUT2D eigenvalue weighted by molar-refractivity contribution is 5.92. The van der Waals surface area contributed by atoms with Gasteiger partial charge in [-0.15, -0.1) is 0 Å². The van der Waals surface area contributed by atoms with E-state index in [0.29, 0.717) is 42.9 Å². The van der Waals surface area contributed by atoms with Crippen LogP contribution < -0.4 is 20.1 Å². The molecule has 0 saturated carbocycles. The molecule has 4 aromatic carbocycles. The van der Waals surface area contributed by atoms with Crippen LogP contribution in [0.3, 0.4) is 0 Å². The van der Waals surface area contributed by atoms with Gasteiger partial charge in [0.15, 0.2) is 0 Å². The van der Waals surface area contributed by atoms with E-state index in [9.17, 15) is 28.8 Å². The van der Waals surface area contributed by atoms with Crippen LogP contribution in [0, 0.1) is 23.7 Å². The number of rotatable bonds is 27. The molecule has 9 atom stereocenters. The standard InChI is InChI=1S/C63H85N5O12/c1-14-40(6)57(66(8)61(72)55(38(2)3)65-60(71)56(39(4)5)67(9)63(74)80-37-49-47-27-20-18-25-45(47)46-26-19-21-28-48(46)49)53(77-12)35-54(69)68-32-22-29-51(68)58(78-13)41(7)59(70)64-50(33-42-23-16-15-17-24-42)62(73)79-36-43-30-31-44(75-10)34-52(43)76-11/h15-21,23-28,30-31,34,38-41,49-51,53,55-58H,14,22,29,32-33,35-37H2,1-13H3,(H,64,70)(H,65,71)/t40-,41+,50?,51?,53?,55-,56?,57-,58?/m0/s1. The topological polar surface area (TPSA) is 192 Å². The number of carbonyl (C=O) groups excluding carboxylic acids is 6. The first-order valence-electron chi connectivity index (χ1n) is 28.0. The lowest BCUT2D eigenvalue weighted by Crippen LogP contribution is -2.60. The van der Waals surface area contributed by atoms with Gasteiger partial charge in [-0.3, -0.25) is 24.1 Å². The third-order valence-electron chi connectivity index (χ3n) is 16.2. The molecule has 2 N–H and O–H groups in total. The molecule has 1 aliphatic heterocycles. The summed E-state index contributed by atoms with van der Waals surface area (Å²) in [6, 6.07) is 26.6. The van der Waals surface area contributed by atoms with Crippen LogP contribution in [0.5, 0.6) is 11.5 Å². The average molecular weight is 1100 g/mol. The SMILES string of the molecule is CC[C@H](C)[C@@H](C(CC(=O)N1CCCC1C(OC)[C@@H](C)C(=O)NC(Cc1ccccc1)C(=O)OCc1ccc(OC)cc1OC)OC)N(C)C(=O)[C@@H](NC(=O)C(C(C)C)N(C)C(=O)OCC1c2ccccc2-c2ccccc21)C(C)C. The number of esters is 1. The number of amides is 5. The molecule has 1 saturated heterocycles. The molecule has 5 unspecified atom stereocenters. The zero-order valence-electron chi connectivity index (χ0n) is 49.1. The Labute approximate surface area is 473 Å². The van der Waals surface area contributed by atoms with E-state index in [4.69, 9.17) is 28.4 Å². The van der Waals surface area contributed by atoms with Crippen LogP contribution >= 0.6 is 0 Å². The van der Waals surface area contributed by atoms with Crippen LogP contribution in [0.4, 0.5) is 4.79 Å². The Morgan fingerprint density at radius 3 is 1.93 bits per heavy atom. The Balaban J connectivity index is 1.12. The summed E-state index contributed by atoms with van der Waals surface area (Å²) in [5.41, 5.74) is 5.79. The van der Waals surface area contributed by atoms with Crippen molar-refractivity contribution in [1.82, 2.24) is 25.3 Å². The molecule has 0 radical (unpaired) electrons. The Hall–Kier alpha value is -6.98. The number of ether oxygens (including phenoxy) is 6. The van der Waals surface area contributed by atoms with Gasteiger partial charge < -0.3 is 48.9 Å². The van der Waals surface area contributed by atoms with E-state index in [1.54, 1.807) is 56.1 Å². The van der Waals surface area contributed by atoms with Gasteiger partial charge in [0.05, 0.1) is 50.8 Å². The molecule has 1 aliphatic carbocycles. The molecule has 4 aromatic rings. The summed E-state index contributed by atoms with van der Waals surface area (Å²) in [6.45, 7) is 13.5. The Bertz CT molecular complexity index is 2690. The number of carbonyl (C=O) groups is 6. The van der Waals surface area contributed by atoms with E-state index >= 15 is 0 Å². The summed E-state index contributed by atoms with van der Waals surface area (Å²) in [7, 11) is 9.32. The summed E-state index contributed by atoms with van der Waals surface area (Å²) < 4.78 is 34.8. The molecule has 5 amide bonds. The van der Waals surface area contributed by atoms with Crippen LogP contribution in [0.25, 0.3) is 11.1 Å². The van der Waals surface area contributed by atoms with E-state index in [1.807, 2.05) is 108 Å². The van der Waals surface area contributed by atoms with E-state index in [0.717, 1.165) is 27.8 Å². The fourth-order valence-corrected chi connectivity index (χ4v) is 11.6. The molecular formula is C63H85N5O12. The van der Waals surface area contributed by atoms with E-state index in [1.165, 1.54) is 26.2 Å². The van der Waals surface area contributed by atoms with Crippen molar-refractivity contribution in [3.05, 3.63) is 119 Å². The Morgan fingerprint density at radius 2 is 1.35 bits per heavy atom. The zero-order chi connectivity index (χ0) is 58.4. The maximum Gasteiger partial charge on any atom is 0.410 e. The van der Waals surface area contributed by atoms with Crippen LogP contribution in [0.1, 0.15) is 102 Å². The second-order valence-corrected chi connectivity index (χ2v) is 22.0. The normalized spacial score (nSPS) is 16.9. The van der Waals surface area contributed by atoms with Crippen molar-refractivity contribution in [2.24, 2.45) is 23.7 Å². The fraction of sp³-hybridized carbons (Fsp3) is 0.524. The van der Waals surface area contributed by atoms with Crippen LogP contribution in [-0.2, 0) is 55.9 Å². The first kappa shape index (κ1) is 62.2. The average Bonchev–Trinajstić information content (AvgIpc) is 4.22.